The highest BCUT2D eigenvalue weighted by atomic mass is 32.2. The molecule has 0 aliphatic rings. The highest BCUT2D eigenvalue weighted by molar-refractivity contribution is 7.92. The minimum Gasteiger partial charge on any atom is -0.484 e. The maximum atomic E-state index is 12.2. The molecule has 0 saturated carbocycles. The van der Waals surface area contributed by atoms with Gasteiger partial charge in [0, 0.05) is 0 Å². The maximum absolute atomic E-state index is 12.2. The van der Waals surface area contributed by atoms with Gasteiger partial charge < -0.3 is 10.1 Å². The van der Waals surface area contributed by atoms with Crippen LogP contribution >= 0.6 is 0 Å². The molecule has 7 heteroatoms. The Labute approximate surface area is 167 Å². The minimum atomic E-state index is -3.41. The Bertz CT molecular complexity index is 916. The molecule has 2 rings (SSSR count). The van der Waals surface area contributed by atoms with Gasteiger partial charge in [-0.25, -0.2) is 8.42 Å². The first-order chi connectivity index (χ1) is 13.0. The van der Waals surface area contributed by atoms with E-state index >= 15 is 0 Å². The highest BCUT2D eigenvalue weighted by Gasteiger charge is 2.16. The summed E-state index contributed by atoms with van der Waals surface area (Å²) in [6.07, 6.45) is 1.09. The van der Waals surface area contributed by atoms with E-state index in [4.69, 9.17) is 4.74 Å². The van der Waals surface area contributed by atoms with Crippen molar-refractivity contribution >= 4 is 21.6 Å². The molecule has 2 N–H and O–H groups in total. The second-order valence-corrected chi connectivity index (χ2v) is 9.56. The van der Waals surface area contributed by atoms with Crippen LogP contribution < -0.4 is 14.8 Å². The monoisotopic (exact) mass is 404 g/mol. The molecule has 2 aromatic carbocycles. The largest absolute Gasteiger partial charge is 0.484 e. The van der Waals surface area contributed by atoms with Crippen molar-refractivity contribution in [2.75, 3.05) is 17.6 Å². The number of para-hydroxylation sites is 1. The number of benzene rings is 2. The van der Waals surface area contributed by atoms with Gasteiger partial charge in [0.25, 0.3) is 5.91 Å². The Kier molecular flexibility index (Phi) is 6.72. The molecule has 1 atom stereocenters. The van der Waals surface area contributed by atoms with Crippen LogP contribution in [0.1, 0.15) is 44.9 Å². The Morgan fingerprint density at radius 2 is 1.68 bits per heavy atom. The molecule has 28 heavy (non-hydrogen) atoms. The Balaban J connectivity index is 1.96. The average molecular weight is 405 g/mol. The number of nitrogens with one attached hydrogen (secondary N) is 2. The zero-order chi connectivity index (χ0) is 20.9. The molecule has 0 aromatic heterocycles. The van der Waals surface area contributed by atoms with Gasteiger partial charge in [-0.1, -0.05) is 51.1 Å². The summed E-state index contributed by atoms with van der Waals surface area (Å²) in [6, 6.07) is 14.2. The number of rotatable bonds is 7. The summed E-state index contributed by atoms with van der Waals surface area (Å²) in [7, 11) is -3.41. The molecule has 0 aliphatic carbocycles. The third kappa shape index (κ3) is 6.56. The molecule has 0 bridgehead atoms. The molecule has 6 nitrogen and oxygen atoms in total. The molecular weight excluding hydrogens is 376 g/mol. The molecule has 2 aromatic rings. The van der Waals surface area contributed by atoms with Crippen molar-refractivity contribution in [3.05, 3.63) is 59.7 Å². The van der Waals surface area contributed by atoms with Crippen molar-refractivity contribution in [1.29, 1.82) is 0 Å². The van der Waals surface area contributed by atoms with E-state index in [0.29, 0.717) is 17.0 Å². The van der Waals surface area contributed by atoms with Gasteiger partial charge >= 0.3 is 0 Å². The number of ether oxygens (including phenoxy) is 1. The second kappa shape index (κ2) is 8.65. The molecule has 1 amide bonds. The lowest BCUT2D eigenvalue weighted by Crippen LogP contribution is -2.31. The number of carbonyl (C=O) groups is 1. The van der Waals surface area contributed by atoms with E-state index in [-0.39, 0.29) is 24.0 Å². The van der Waals surface area contributed by atoms with Gasteiger partial charge in [0.05, 0.1) is 18.0 Å². The van der Waals surface area contributed by atoms with E-state index in [2.05, 4.69) is 30.8 Å². The molecule has 0 fully saturated rings. The van der Waals surface area contributed by atoms with Gasteiger partial charge in [0.15, 0.2) is 6.61 Å². The molecule has 0 spiro atoms. The van der Waals surface area contributed by atoms with Crippen LogP contribution in [-0.2, 0) is 20.2 Å². The van der Waals surface area contributed by atoms with Crippen molar-refractivity contribution in [1.82, 2.24) is 5.32 Å². The topological polar surface area (TPSA) is 84.5 Å². The second-order valence-electron chi connectivity index (χ2n) is 7.81. The lowest BCUT2D eigenvalue weighted by molar-refractivity contribution is -0.123. The van der Waals surface area contributed by atoms with Crippen LogP contribution in [0.5, 0.6) is 5.75 Å². The van der Waals surface area contributed by atoms with E-state index in [0.717, 1.165) is 6.26 Å². The normalized spacial score (nSPS) is 12.9. The zero-order valence-corrected chi connectivity index (χ0v) is 17.8. The molecule has 0 aliphatic heterocycles. The first-order valence-corrected chi connectivity index (χ1v) is 10.9. The number of hydrogen-bond donors (Lipinski definition) is 2. The van der Waals surface area contributed by atoms with Gasteiger partial charge in [0.2, 0.25) is 10.0 Å². The molecule has 152 valence electrons. The summed E-state index contributed by atoms with van der Waals surface area (Å²) >= 11 is 0. The quantitative estimate of drug-likeness (QED) is 0.738. The van der Waals surface area contributed by atoms with Crippen LogP contribution in [0.3, 0.4) is 0 Å². The smallest absolute Gasteiger partial charge is 0.258 e. The number of carbonyl (C=O) groups excluding carboxylic acids is 1. The van der Waals surface area contributed by atoms with Gasteiger partial charge in [-0.3, -0.25) is 9.52 Å². The summed E-state index contributed by atoms with van der Waals surface area (Å²) in [5.74, 6) is 0.330. The maximum Gasteiger partial charge on any atom is 0.258 e. The summed E-state index contributed by atoms with van der Waals surface area (Å²) in [6.45, 7) is 8.07. The minimum absolute atomic E-state index is 0.0543. The predicted molar refractivity (Wildman–Crippen MR) is 112 cm³/mol. The van der Waals surface area contributed by atoms with Crippen LogP contribution in [0.4, 0.5) is 5.69 Å². The fourth-order valence-corrected chi connectivity index (χ4v) is 3.31. The van der Waals surface area contributed by atoms with E-state index in [1.165, 1.54) is 5.56 Å². The third-order valence-electron chi connectivity index (χ3n) is 4.19. The van der Waals surface area contributed by atoms with Crippen molar-refractivity contribution in [3.8, 4) is 5.75 Å². The van der Waals surface area contributed by atoms with Gasteiger partial charge in [-0.05, 0) is 41.7 Å². The Morgan fingerprint density at radius 1 is 1.07 bits per heavy atom. The number of amides is 1. The molecule has 0 heterocycles. The predicted octanol–water partition coefficient (Wildman–Crippen LogP) is 3.61. The fourth-order valence-electron chi connectivity index (χ4n) is 2.73. The van der Waals surface area contributed by atoms with E-state index < -0.39 is 10.0 Å². The van der Waals surface area contributed by atoms with Gasteiger partial charge in [0.1, 0.15) is 5.75 Å². The van der Waals surface area contributed by atoms with E-state index in [9.17, 15) is 13.2 Å². The summed E-state index contributed by atoms with van der Waals surface area (Å²) in [5.41, 5.74) is 2.36. The van der Waals surface area contributed by atoms with E-state index in [1.54, 1.807) is 31.2 Å². The van der Waals surface area contributed by atoms with Crippen LogP contribution in [0.15, 0.2) is 48.5 Å². The van der Waals surface area contributed by atoms with Crippen molar-refractivity contribution < 1.29 is 17.9 Å². The number of sulfonamides is 1. The fraction of sp³-hybridized carbons (Fsp3) is 0.381. The van der Waals surface area contributed by atoms with Crippen molar-refractivity contribution in [3.63, 3.8) is 0 Å². The first kappa shape index (κ1) is 21.8. The Hall–Kier alpha value is -2.54. The van der Waals surface area contributed by atoms with Gasteiger partial charge in [-0.15, -0.1) is 0 Å². The van der Waals surface area contributed by atoms with Crippen LogP contribution in [0, 0.1) is 0 Å². The van der Waals surface area contributed by atoms with Crippen molar-refractivity contribution in [2.24, 2.45) is 0 Å². The lowest BCUT2D eigenvalue weighted by Gasteiger charge is -2.20. The highest BCUT2D eigenvalue weighted by Crippen LogP contribution is 2.25. The van der Waals surface area contributed by atoms with Crippen molar-refractivity contribution in [2.45, 2.75) is 39.2 Å². The molecule has 1 unspecified atom stereocenters. The van der Waals surface area contributed by atoms with Crippen LogP contribution in [0.25, 0.3) is 0 Å². The zero-order valence-electron chi connectivity index (χ0n) is 16.9. The summed E-state index contributed by atoms with van der Waals surface area (Å²) in [4.78, 5) is 12.2. The van der Waals surface area contributed by atoms with Crippen LogP contribution in [0.2, 0.25) is 0 Å². The number of hydrogen-bond acceptors (Lipinski definition) is 4. The third-order valence-corrected chi connectivity index (χ3v) is 4.78. The average Bonchev–Trinajstić information content (AvgIpc) is 2.58. The van der Waals surface area contributed by atoms with Gasteiger partial charge in [-0.2, -0.15) is 0 Å². The number of anilines is 1. The summed E-state index contributed by atoms with van der Waals surface area (Å²) < 4.78 is 31.1. The Morgan fingerprint density at radius 3 is 2.25 bits per heavy atom. The lowest BCUT2D eigenvalue weighted by atomic mass is 9.87. The molecule has 0 saturated heterocycles. The molecule has 0 radical (unpaired) electrons. The van der Waals surface area contributed by atoms with Crippen LogP contribution in [-0.4, -0.2) is 27.2 Å². The molecular formula is C21H28N2O4S. The SMILES string of the molecule is CC(NC(=O)COc1ccc(C(C)(C)C)cc1)c1ccccc1NS(C)(=O)=O. The summed E-state index contributed by atoms with van der Waals surface area (Å²) in [5, 5.41) is 2.83. The van der Waals surface area contributed by atoms with E-state index in [1.807, 2.05) is 24.3 Å². The first-order valence-electron chi connectivity index (χ1n) is 9.05. The standard InChI is InChI=1S/C21H28N2O4S/c1-15(18-8-6-7-9-19(18)23-28(5,25)26)22-20(24)14-27-17-12-10-16(11-13-17)21(2,3)4/h6-13,15,23H,14H2,1-5H3,(H,22,24).